The molecule has 1 aliphatic heterocycles. The molecule has 2 amide bonds. The van der Waals surface area contributed by atoms with E-state index in [1.54, 1.807) is 18.3 Å². The molecule has 1 saturated heterocycles. The first-order chi connectivity index (χ1) is 10.7. The highest BCUT2D eigenvalue weighted by molar-refractivity contribution is 5.92. The molecular formula is C17H23N3O2. The zero-order chi connectivity index (χ0) is 15.4. The molecule has 1 aliphatic carbocycles. The molecule has 5 nitrogen and oxygen atoms in total. The third-order valence-corrected chi connectivity index (χ3v) is 4.74. The molecule has 1 aromatic heterocycles. The molecule has 0 radical (unpaired) electrons. The summed E-state index contributed by atoms with van der Waals surface area (Å²) in [6, 6.07) is 5.46. The van der Waals surface area contributed by atoms with Crippen molar-refractivity contribution in [1.29, 1.82) is 0 Å². The van der Waals surface area contributed by atoms with E-state index in [-0.39, 0.29) is 17.9 Å². The Morgan fingerprint density at radius 3 is 2.45 bits per heavy atom. The molecule has 2 aliphatic rings. The highest BCUT2D eigenvalue weighted by Gasteiger charge is 2.30. The minimum atomic E-state index is -0.124. The van der Waals surface area contributed by atoms with Crippen molar-refractivity contribution in [3.8, 4) is 0 Å². The summed E-state index contributed by atoms with van der Waals surface area (Å²) in [5.41, 5.74) is 0.451. The fourth-order valence-corrected chi connectivity index (χ4v) is 3.43. The first-order valence-electron chi connectivity index (χ1n) is 8.25. The van der Waals surface area contributed by atoms with Crippen molar-refractivity contribution in [2.24, 2.45) is 5.92 Å². The number of aromatic nitrogens is 1. The maximum atomic E-state index is 12.4. The monoisotopic (exact) mass is 301 g/mol. The molecule has 0 aromatic carbocycles. The molecule has 1 saturated carbocycles. The van der Waals surface area contributed by atoms with Gasteiger partial charge in [0.1, 0.15) is 5.69 Å². The number of rotatable bonds is 3. The number of carbonyl (C=O) groups excluding carboxylic acids is 2. The Labute approximate surface area is 131 Å². The predicted molar refractivity (Wildman–Crippen MR) is 83.3 cm³/mol. The number of nitrogens with zero attached hydrogens (tertiary/aromatic N) is 2. The number of nitrogens with one attached hydrogen (secondary N) is 1. The molecule has 2 fully saturated rings. The zero-order valence-corrected chi connectivity index (χ0v) is 12.8. The maximum absolute atomic E-state index is 12.4. The molecule has 22 heavy (non-hydrogen) atoms. The Kier molecular flexibility index (Phi) is 4.71. The summed E-state index contributed by atoms with van der Waals surface area (Å²) in [5, 5.41) is 3.02. The summed E-state index contributed by atoms with van der Waals surface area (Å²) in [6.45, 7) is 1.50. The van der Waals surface area contributed by atoms with E-state index in [1.165, 1.54) is 12.8 Å². The zero-order valence-electron chi connectivity index (χ0n) is 12.8. The number of carbonyl (C=O) groups is 2. The Morgan fingerprint density at radius 1 is 1.09 bits per heavy atom. The van der Waals surface area contributed by atoms with Gasteiger partial charge in [0, 0.05) is 31.2 Å². The normalized spacial score (nSPS) is 20.1. The van der Waals surface area contributed by atoms with Crippen molar-refractivity contribution < 1.29 is 9.59 Å². The molecule has 0 unspecified atom stereocenters. The lowest BCUT2D eigenvalue weighted by Gasteiger charge is -2.33. The number of amides is 2. The van der Waals surface area contributed by atoms with Crippen LogP contribution in [0.25, 0.3) is 0 Å². The number of pyridine rings is 1. The number of piperidine rings is 1. The standard InChI is InChI=1S/C17H23N3O2/c21-16(15-7-3-4-10-18-15)19-14-8-11-20(12-9-14)17(22)13-5-1-2-6-13/h3-4,7,10,13-14H,1-2,5-6,8-9,11-12H2,(H,19,21). The van der Waals surface area contributed by atoms with Gasteiger partial charge in [-0.25, -0.2) is 0 Å². The molecule has 118 valence electrons. The van der Waals surface area contributed by atoms with Crippen LogP contribution in [0, 0.1) is 5.92 Å². The highest BCUT2D eigenvalue weighted by atomic mass is 16.2. The molecular weight excluding hydrogens is 278 g/mol. The second kappa shape index (κ2) is 6.90. The van der Waals surface area contributed by atoms with Crippen LogP contribution in [0.2, 0.25) is 0 Å². The van der Waals surface area contributed by atoms with Gasteiger partial charge in [0.2, 0.25) is 5.91 Å². The van der Waals surface area contributed by atoms with E-state index in [4.69, 9.17) is 0 Å². The Bertz CT molecular complexity index is 518. The van der Waals surface area contributed by atoms with Gasteiger partial charge in [-0.1, -0.05) is 18.9 Å². The van der Waals surface area contributed by atoms with Gasteiger partial charge >= 0.3 is 0 Å². The van der Waals surface area contributed by atoms with Crippen molar-refractivity contribution in [3.05, 3.63) is 30.1 Å². The van der Waals surface area contributed by atoms with Crippen molar-refractivity contribution >= 4 is 11.8 Å². The molecule has 0 bridgehead atoms. The Morgan fingerprint density at radius 2 is 1.82 bits per heavy atom. The molecule has 0 atom stereocenters. The molecule has 1 N–H and O–H groups in total. The summed E-state index contributed by atoms with van der Waals surface area (Å²) in [5.74, 6) is 0.452. The third kappa shape index (κ3) is 3.46. The smallest absolute Gasteiger partial charge is 0.270 e. The van der Waals surface area contributed by atoms with Crippen LogP contribution in [0.3, 0.4) is 0 Å². The van der Waals surface area contributed by atoms with Gasteiger partial charge < -0.3 is 10.2 Å². The Balaban J connectivity index is 1.47. The van der Waals surface area contributed by atoms with E-state index in [2.05, 4.69) is 10.3 Å². The summed E-state index contributed by atoms with van der Waals surface area (Å²) in [6.07, 6.45) is 7.76. The van der Waals surface area contributed by atoms with Crippen LogP contribution in [0.1, 0.15) is 49.0 Å². The van der Waals surface area contributed by atoms with Crippen LogP contribution in [-0.4, -0.2) is 40.8 Å². The largest absolute Gasteiger partial charge is 0.348 e. The van der Waals surface area contributed by atoms with E-state index < -0.39 is 0 Å². The van der Waals surface area contributed by atoms with Gasteiger partial charge in [-0.05, 0) is 37.8 Å². The minimum absolute atomic E-state index is 0.124. The predicted octanol–water partition coefficient (Wildman–Crippen LogP) is 1.99. The number of hydrogen-bond donors (Lipinski definition) is 1. The number of likely N-dealkylation sites (tertiary alicyclic amines) is 1. The van der Waals surface area contributed by atoms with Gasteiger partial charge in [0.25, 0.3) is 5.91 Å². The van der Waals surface area contributed by atoms with Gasteiger partial charge in [0.05, 0.1) is 0 Å². The number of hydrogen-bond acceptors (Lipinski definition) is 3. The van der Waals surface area contributed by atoms with Crippen molar-refractivity contribution in [3.63, 3.8) is 0 Å². The van der Waals surface area contributed by atoms with E-state index in [9.17, 15) is 9.59 Å². The van der Waals surface area contributed by atoms with Gasteiger partial charge in [-0.3, -0.25) is 14.6 Å². The van der Waals surface area contributed by atoms with Crippen LogP contribution in [0.15, 0.2) is 24.4 Å². The van der Waals surface area contributed by atoms with Crippen molar-refractivity contribution in [2.75, 3.05) is 13.1 Å². The molecule has 3 rings (SSSR count). The van der Waals surface area contributed by atoms with Gasteiger partial charge in [-0.2, -0.15) is 0 Å². The fourth-order valence-electron chi connectivity index (χ4n) is 3.43. The summed E-state index contributed by atoms with van der Waals surface area (Å²) >= 11 is 0. The lowest BCUT2D eigenvalue weighted by molar-refractivity contribution is -0.136. The van der Waals surface area contributed by atoms with E-state index in [1.807, 2.05) is 11.0 Å². The van der Waals surface area contributed by atoms with Gasteiger partial charge in [0.15, 0.2) is 0 Å². The molecule has 1 aromatic rings. The molecule has 2 heterocycles. The first-order valence-corrected chi connectivity index (χ1v) is 8.25. The SMILES string of the molecule is O=C(NC1CCN(C(=O)C2CCCC2)CC1)c1ccccn1. The van der Waals surface area contributed by atoms with E-state index >= 15 is 0 Å². The summed E-state index contributed by atoms with van der Waals surface area (Å²) in [4.78, 5) is 30.5. The van der Waals surface area contributed by atoms with Crippen LogP contribution in [0.5, 0.6) is 0 Å². The summed E-state index contributed by atoms with van der Waals surface area (Å²) < 4.78 is 0. The average Bonchev–Trinajstić information content (AvgIpc) is 3.10. The minimum Gasteiger partial charge on any atom is -0.348 e. The quantitative estimate of drug-likeness (QED) is 0.928. The van der Waals surface area contributed by atoms with Crippen molar-refractivity contribution in [2.45, 2.75) is 44.6 Å². The van der Waals surface area contributed by atoms with E-state index in [0.29, 0.717) is 11.6 Å². The maximum Gasteiger partial charge on any atom is 0.270 e. The molecule has 5 heteroatoms. The van der Waals surface area contributed by atoms with Crippen LogP contribution in [-0.2, 0) is 4.79 Å². The van der Waals surface area contributed by atoms with Crippen molar-refractivity contribution in [1.82, 2.24) is 15.2 Å². The lowest BCUT2D eigenvalue weighted by atomic mass is 10.0. The van der Waals surface area contributed by atoms with Crippen LogP contribution in [0.4, 0.5) is 0 Å². The lowest BCUT2D eigenvalue weighted by Crippen LogP contribution is -2.47. The topological polar surface area (TPSA) is 62.3 Å². The second-order valence-corrected chi connectivity index (χ2v) is 6.27. The third-order valence-electron chi connectivity index (χ3n) is 4.74. The fraction of sp³-hybridized carbons (Fsp3) is 0.588. The van der Waals surface area contributed by atoms with E-state index in [0.717, 1.165) is 38.8 Å². The van der Waals surface area contributed by atoms with Crippen LogP contribution >= 0.6 is 0 Å². The average molecular weight is 301 g/mol. The first kappa shape index (κ1) is 15.0. The second-order valence-electron chi connectivity index (χ2n) is 6.27. The summed E-state index contributed by atoms with van der Waals surface area (Å²) in [7, 11) is 0. The van der Waals surface area contributed by atoms with Gasteiger partial charge in [-0.15, -0.1) is 0 Å². The Hall–Kier alpha value is -1.91. The molecule has 0 spiro atoms. The highest BCUT2D eigenvalue weighted by Crippen LogP contribution is 2.27. The van der Waals surface area contributed by atoms with Crippen LogP contribution < -0.4 is 5.32 Å².